The number of carbonyl (C=O) groups is 1. The van der Waals surface area contributed by atoms with Crippen molar-refractivity contribution in [1.29, 1.82) is 0 Å². The number of aliphatic hydroxyl groups is 2. The standard InChI is InChI=1S/C12H14F2N2O3/c13-7-1-8(14)3-9(2-7)15-12(19)6-16-4-10(17)11(18)5-16/h1-3,10-11,17-18H,4-6H2,(H,15,19). The van der Waals surface area contributed by atoms with Gasteiger partial charge in [0, 0.05) is 24.8 Å². The zero-order chi connectivity index (χ0) is 14.0. The normalized spacial score (nSPS) is 23.6. The number of rotatable bonds is 3. The fourth-order valence-corrected chi connectivity index (χ4v) is 2.01. The summed E-state index contributed by atoms with van der Waals surface area (Å²) in [6.07, 6.45) is -1.75. The monoisotopic (exact) mass is 272 g/mol. The van der Waals surface area contributed by atoms with Crippen LogP contribution in [0.3, 0.4) is 0 Å². The molecule has 0 bridgehead atoms. The lowest BCUT2D eigenvalue weighted by Gasteiger charge is -2.14. The fourth-order valence-electron chi connectivity index (χ4n) is 2.01. The van der Waals surface area contributed by atoms with Crippen molar-refractivity contribution in [3.05, 3.63) is 29.8 Å². The average Bonchev–Trinajstić information content (AvgIpc) is 2.55. The maximum Gasteiger partial charge on any atom is 0.238 e. The molecule has 1 aromatic rings. The average molecular weight is 272 g/mol. The predicted octanol–water partition coefficient (Wildman–Crippen LogP) is -0.0593. The molecule has 1 aromatic carbocycles. The highest BCUT2D eigenvalue weighted by atomic mass is 19.1. The van der Waals surface area contributed by atoms with Crippen LogP contribution in [-0.2, 0) is 4.79 Å². The van der Waals surface area contributed by atoms with Gasteiger partial charge < -0.3 is 15.5 Å². The van der Waals surface area contributed by atoms with Crippen molar-refractivity contribution in [2.24, 2.45) is 0 Å². The minimum Gasteiger partial charge on any atom is -0.389 e. The molecule has 5 nitrogen and oxygen atoms in total. The van der Waals surface area contributed by atoms with Gasteiger partial charge in [-0.2, -0.15) is 0 Å². The summed E-state index contributed by atoms with van der Waals surface area (Å²) in [7, 11) is 0. The minimum absolute atomic E-state index is 0.0304. The van der Waals surface area contributed by atoms with Gasteiger partial charge in [-0.3, -0.25) is 9.69 Å². The highest BCUT2D eigenvalue weighted by Crippen LogP contribution is 2.14. The Kier molecular flexibility index (Phi) is 4.08. The lowest BCUT2D eigenvalue weighted by atomic mass is 10.3. The molecule has 2 rings (SSSR count). The highest BCUT2D eigenvalue weighted by Gasteiger charge is 2.30. The molecule has 2 unspecified atom stereocenters. The maximum atomic E-state index is 12.9. The van der Waals surface area contributed by atoms with Gasteiger partial charge in [0.25, 0.3) is 0 Å². The third kappa shape index (κ3) is 3.69. The number of anilines is 1. The largest absolute Gasteiger partial charge is 0.389 e. The zero-order valence-electron chi connectivity index (χ0n) is 10.0. The Morgan fingerprint density at radius 1 is 1.21 bits per heavy atom. The number of amides is 1. The lowest BCUT2D eigenvalue weighted by molar-refractivity contribution is -0.117. The summed E-state index contributed by atoms with van der Waals surface area (Å²) in [5, 5.41) is 21.0. The molecule has 0 spiro atoms. The molecule has 104 valence electrons. The van der Waals surface area contributed by atoms with Crippen LogP contribution >= 0.6 is 0 Å². The van der Waals surface area contributed by atoms with Crippen LogP contribution in [0.1, 0.15) is 0 Å². The number of β-amino-alcohol motifs (C(OH)–C–C–N with tert-alkyl or cyclic N) is 2. The van der Waals surface area contributed by atoms with E-state index in [1.54, 1.807) is 4.90 Å². The predicted molar refractivity (Wildman–Crippen MR) is 63.4 cm³/mol. The Morgan fingerprint density at radius 2 is 1.74 bits per heavy atom. The summed E-state index contributed by atoms with van der Waals surface area (Å²) in [5.41, 5.74) is 0.0304. The molecular formula is C12H14F2N2O3. The summed E-state index contributed by atoms with van der Waals surface area (Å²) < 4.78 is 25.8. The third-order valence-corrected chi connectivity index (χ3v) is 2.85. The van der Waals surface area contributed by atoms with Crippen LogP contribution in [0.5, 0.6) is 0 Å². The number of nitrogens with one attached hydrogen (secondary N) is 1. The number of hydrogen-bond acceptors (Lipinski definition) is 4. The molecule has 1 heterocycles. The highest BCUT2D eigenvalue weighted by molar-refractivity contribution is 5.92. The number of hydrogen-bond donors (Lipinski definition) is 3. The van der Waals surface area contributed by atoms with Gasteiger partial charge in [-0.05, 0) is 12.1 Å². The smallest absolute Gasteiger partial charge is 0.238 e. The van der Waals surface area contributed by atoms with E-state index in [2.05, 4.69) is 5.32 Å². The molecule has 1 saturated heterocycles. The molecule has 1 fully saturated rings. The van der Waals surface area contributed by atoms with Crippen LogP contribution in [0.2, 0.25) is 0 Å². The third-order valence-electron chi connectivity index (χ3n) is 2.85. The molecule has 7 heteroatoms. The molecule has 1 aliphatic heterocycles. The first-order chi connectivity index (χ1) is 8.94. The van der Waals surface area contributed by atoms with E-state index >= 15 is 0 Å². The number of aliphatic hydroxyl groups excluding tert-OH is 2. The van der Waals surface area contributed by atoms with Gasteiger partial charge >= 0.3 is 0 Å². The van der Waals surface area contributed by atoms with E-state index in [-0.39, 0.29) is 25.3 Å². The summed E-state index contributed by atoms with van der Waals surface area (Å²) in [4.78, 5) is 13.2. The van der Waals surface area contributed by atoms with Crippen molar-refractivity contribution in [2.75, 3.05) is 25.0 Å². The SMILES string of the molecule is O=C(CN1CC(O)C(O)C1)Nc1cc(F)cc(F)c1. The van der Waals surface area contributed by atoms with E-state index in [0.29, 0.717) is 6.07 Å². The lowest BCUT2D eigenvalue weighted by Crippen LogP contribution is -2.32. The van der Waals surface area contributed by atoms with Gasteiger partial charge in [0.1, 0.15) is 11.6 Å². The first kappa shape index (κ1) is 13.9. The number of likely N-dealkylation sites (tertiary alicyclic amines) is 1. The number of carbonyl (C=O) groups excluding carboxylic acids is 1. The molecule has 1 amide bonds. The van der Waals surface area contributed by atoms with Crippen LogP contribution in [0, 0.1) is 11.6 Å². The fraction of sp³-hybridized carbons (Fsp3) is 0.417. The molecule has 2 atom stereocenters. The van der Waals surface area contributed by atoms with Gasteiger partial charge in [-0.15, -0.1) is 0 Å². The Hall–Kier alpha value is -1.57. The topological polar surface area (TPSA) is 72.8 Å². The number of nitrogens with zero attached hydrogens (tertiary/aromatic N) is 1. The molecule has 0 saturated carbocycles. The Balaban J connectivity index is 1.91. The van der Waals surface area contributed by atoms with Gasteiger partial charge in [0.2, 0.25) is 5.91 Å². The Labute approximate surface area is 108 Å². The van der Waals surface area contributed by atoms with E-state index in [0.717, 1.165) is 12.1 Å². The van der Waals surface area contributed by atoms with Crippen LogP contribution in [-0.4, -0.2) is 52.9 Å². The minimum atomic E-state index is -0.876. The first-order valence-electron chi connectivity index (χ1n) is 5.78. The second-order valence-corrected chi connectivity index (χ2v) is 4.54. The van der Waals surface area contributed by atoms with Gasteiger partial charge in [0.15, 0.2) is 0 Å². The van der Waals surface area contributed by atoms with Gasteiger partial charge in [-0.1, -0.05) is 0 Å². The van der Waals surface area contributed by atoms with Crippen molar-refractivity contribution < 1.29 is 23.8 Å². The Morgan fingerprint density at radius 3 is 2.26 bits per heavy atom. The number of halogens is 2. The van der Waals surface area contributed by atoms with Gasteiger partial charge in [0.05, 0.1) is 18.8 Å². The summed E-state index contributed by atoms with van der Waals surface area (Å²) in [6, 6.07) is 2.73. The molecule has 19 heavy (non-hydrogen) atoms. The van der Waals surface area contributed by atoms with E-state index in [9.17, 15) is 23.8 Å². The van der Waals surface area contributed by atoms with Crippen LogP contribution in [0.15, 0.2) is 18.2 Å². The molecule has 0 aliphatic carbocycles. The molecule has 0 aromatic heterocycles. The van der Waals surface area contributed by atoms with Crippen LogP contribution < -0.4 is 5.32 Å². The Bertz CT molecular complexity index is 454. The molecule has 0 radical (unpaired) electrons. The van der Waals surface area contributed by atoms with Crippen LogP contribution in [0.4, 0.5) is 14.5 Å². The molecule has 1 aliphatic rings. The maximum absolute atomic E-state index is 12.9. The van der Waals surface area contributed by atoms with E-state index in [1.165, 1.54) is 0 Å². The van der Waals surface area contributed by atoms with Crippen molar-refractivity contribution in [3.63, 3.8) is 0 Å². The summed E-state index contributed by atoms with van der Waals surface area (Å²) in [6.45, 7) is 0.310. The number of benzene rings is 1. The van der Waals surface area contributed by atoms with E-state index in [4.69, 9.17) is 0 Å². The van der Waals surface area contributed by atoms with Crippen molar-refractivity contribution in [2.45, 2.75) is 12.2 Å². The molecule has 3 N–H and O–H groups in total. The summed E-state index contributed by atoms with van der Waals surface area (Å²) in [5.74, 6) is -2.02. The van der Waals surface area contributed by atoms with E-state index < -0.39 is 29.7 Å². The van der Waals surface area contributed by atoms with Crippen LogP contribution in [0.25, 0.3) is 0 Å². The second kappa shape index (κ2) is 5.60. The van der Waals surface area contributed by atoms with Gasteiger partial charge in [-0.25, -0.2) is 8.78 Å². The van der Waals surface area contributed by atoms with Crippen molar-refractivity contribution >= 4 is 11.6 Å². The first-order valence-corrected chi connectivity index (χ1v) is 5.78. The zero-order valence-corrected chi connectivity index (χ0v) is 10.0. The van der Waals surface area contributed by atoms with E-state index in [1.807, 2.05) is 0 Å². The van der Waals surface area contributed by atoms with Crippen molar-refractivity contribution in [1.82, 2.24) is 4.90 Å². The summed E-state index contributed by atoms with van der Waals surface area (Å²) >= 11 is 0. The quantitative estimate of drug-likeness (QED) is 0.721. The van der Waals surface area contributed by atoms with Crippen molar-refractivity contribution in [3.8, 4) is 0 Å². The second-order valence-electron chi connectivity index (χ2n) is 4.54. The molecular weight excluding hydrogens is 258 g/mol.